The van der Waals surface area contributed by atoms with Crippen molar-refractivity contribution in [3.63, 3.8) is 0 Å². The molecule has 0 unspecified atom stereocenters. The van der Waals surface area contributed by atoms with Gasteiger partial charge in [0, 0.05) is 13.0 Å². The predicted octanol–water partition coefficient (Wildman–Crippen LogP) is 0.607. The fourth-order valence-electron chi connectivity index (χ4n) is 3.44. The van der Waals surface area contributed by atoms with Gasteiger partial charge in [-0.05, 0) is 43.4 Å². The Morgan fingerprint density at radius 1 is 1.28 bits per heavy atom. The van der Waals surface area contributed by atoms with E-state index in [1.54, 1.807) is 0 Å². The average molecular weight is 274 g/mol. The van der Waals surface area contributed by atoms with Crippen molar-refractivity contribution in [1.82, 2.24) is 5.32 Å². The molecule has 2 bridgehead atoms. The lowest BCUT2D eigenvalue weighted by Crippen LogP contribution is -2.29. The maximum absolute atomic E-state index is 11.7. The highest BCUT2D eigenvalue weighted by Gasteiger charge is 2.39. The van der Waals surface area contributed by atoms with E-state index in [0.29, 0.717) is 25.3 Å². The smallest absolute Gasteiger partial charge is 0.220 e. The van der Waals surface area contributed by atoms with E-state index in [1.165, 1.54) is 25.7 Å². The van der Waals surface area contributed by atoms with Crippen molar-refractivity contribution >= 4 is 15.9 Å². The van der Waals surface area contributed by atoms with E-state index in [-0.39, 0.29) is 11.7 Å². The van der Waals surface area contributed by atoms with Crippen molar-refractivity contribution in [1.29, 1.82) is 0 Å². The van der Waals surface area contributed by atoms with Gasteiger partial charge in [0.25, 0.3) is 0 Å². The molecule has 0 aliphatic heterocycles. The van der Waals surface area contributed by atoms with Crippen LogP contribution in [-0.2, 0) is 14.8 Å². The lowest BCUT2D eigenvalue weighted by Gasteiger charge is -2.20. The standard InChI is InChI=1S/C12H22N2O3S/c13-18(16,17)5-1-4-14-12(15)8-11-7-9-2-3-10(11)6-9/h9-11H,1-8H2,(H,14,15)(H2,13,16,17)/t9-,10-,11+/m0/s1. The minimum Gasteiger partial charge on any atom is -0.356 e. The molecule has 0 aromatic rings. The Hall–Kier alpha value is -0.620. The summed E-state index contributed by atoms with van der Waals surface area (Å²) in [6.45, 7) is 0.399. The second-order valence-corrected chi connectivity index (χ2v) is 7.44. The lowest BCUT2D eigenvalue weighted by atomic mass is 9.86. The van der Waals surface area contributed by atoms with Crippen molar-refractivity contribution < 1.29 is 13.2 Å². The van der Waals surface area contributed by atoms with E-state index in [4.69, 9.17) is 5.14 Å². The Kier molecular flexibility index (Phi) is 4.27. The van der Waals surface area contributed by atoms with Crippen LogP contribution in [0.15, 0.2) is 0 Å². The Labute approximate surface area is 109 Å². The van der Waals surface area contributed by atoms with Gasteiger partial charge in [-0.25, -0.2) is 13.6 Å². The van der Waals surface area contributed by atoms with Crippen LogP contribution in [0.25, 0.3) is 0 Å². The molecular formula is C12H22N2O3S. The highest BCUT2D eigenvalue weighted by atomic mass is 32.2. The molecule has 1 amide bonds. The first-order valence-electron chi connectivity index (χ1n) is 6.71. The summed E-state index contributed by atoms with van der Waals surface area (Å²) >= 11 is 0. The SMILES string of the molecule is NS(=O)(=O)CCCNC(=O)C[C@H]1C[C@H]2CC[C@H]1C2. The molecule has 0 aromatic heterocycles. The molecule has 18 heavy (non-hydrogen) atoms. The number of carbonyl (C=O) groups excluding carboxylic acids is 1. The highest BCUT2D eigenvalue weighted by molar-refractivity contribution is 7.89. The van der Waals surface area contributed by atoms with Gasteiger partial charge in [0.15, 0.2) is 0 Å². The number of nitrogens with one attached hydrogen (secondary N) is 1. The number of hydrogen-bond acceptors (Lipinski definition) is 3. The minimum absolute atomic E-state index is 0.0574. The molecule has 2 saturated carbocycles. The van der Waals surface area contributed by atoms with Crippen LogP contribution in [0.4, 0.5) is 0 Å². The number of amides is 1. The van der Waals surface area contributed by atoms with Crippen LogP contribution >= 0.6 is 0 Å². The molecule has 5 nitrogen and oxygen atoms in total. The minimum atomic E-state index is -3.40. The summed E-state index contributed by atoms with van der Waals surface area (Å²) in [6, 6.07) is 0. The summed E-state index contributed by atoms with van der Waals surface area (Å²) in [7, 11) is -3.40. The first kappa shape index (κ1) is 13.8. The number of nitrogens with two attached hydrogens (primary N) is 1. The third-order valence-corrected chi connectivity index (χ3v) is 5.12. The fraction of sp³-hybridized carbons (Fsp3) is 0.917. The summed E-state index contributed by atoms with van der Waals surface area (Å²) in [6.07, 6.45) is 6.14. The molecule has 6 heteroatoms. The van der Waals surface area contributed by atoms with Gasteiger partial charge in [0.1, 0.15) is 0 Å². The summed E-state index contributed by atoms with van der Waals surface area (Å²) < 4.78 is 21.4. The van der Waals surface area contributed by atoms with E-state index in [1.807, 2.05) is 0 Å². The highest BCUT2D eigenvalue weighted by Crippen LogP contribution is 2.49. The number of primary sulfonamides is 1. The molecule has 0 spiro atoms. The summed E-state index contributed by atoms with van der Waals surface area (Å²) in [4.78, 5) is 11.7. The van der Waals surface area contributed by atoms with E-state index in [0.717, 1.165) is 11.8 Å². The molecule has 2 fully saturated rings. The second kappa shape index (κ2) is 5.57. The van der Waals surface area contributed by atoms with E-state index >= 15 is 0 Å². The van der Waals surface area contributed by atoms with Gasteiger partial charge in [-0.1, -0.05) is 6.42 Å². The van der Waals surface area contributed by atoms with Crippen LogP contribution in [0.1, 0.15) is 38.5 Å². The first-order valence-corrected chi connectivity index (χ1v) is 8.43. The van der Waals surface area contributed by atoms with Gasteiger partial charge in [0.05, 0.1) is 5.75 Å². The van der Waals surface area contributed by atoms with Gasteiger partial charge in [0.2, 0.25) is 15.9 Å². The van der Waals surface area contributed by atoms with Crippen molar-refractivity contribution in [2.45, 2.75) is 38.5 Å². The lowest BCUT2D eigenvalue weighted by molar-refractivity contribution is -0.122. The quantitative estimate of drug-likeness (QED) is 0.695. The van der Waals surface area contributed by atoms with E-state index in [2.05, 4.69) is 5.32 Å². The molecule has 3 N–H and O–H groups in total. The number of hydrogen-bond donors (Lipinski definition) is 2. The summed E-state index contributed by atoms with van der Waals surface area (Å²) in [5, 5.41) is 7.67. The van der Waals surface area contributed by atoms with Gasteiger partial charge in [-0.2, -0.15) is 0 Å². The molecule has 2 aliphatic carbocycles. The number of fused-ring (bicyclic) bond motifs is 2. The first-order chi connectivity index (χ1) is 8.44. The molecule has 3 atom stereocenters. The van der Waals surface area contributed by atoms with Gasteiger partial charge in [-0.3, -0.25) is 4.79 Å². The maximum atomic E-state index is 11.7. The topological polar surface area (TPSA) is 89.3 Å². The van der Waals surface area contributed by atoms with Crippen LogP contribution < -0.4 is 10.5 Å². The molecular weight excluding hydrogens is 252 g/mol. The molecule has 104 valence electrons. The van der Waals surface area contributed by atoms with Gasteiger partial charge >= 0.3 is 0 Å². The number of rotatable bonds is 6. The average Bonchev–Trinajstić information content (AvgIpc) is 2.85. The zero-order valence-corrected chi connectivity index (χ0v) is 11.4. The molecule has 0 heterocycles. The van der Waals surface area contributed by atoms with E-state index in [9.17, 15) is 13.2 Å². The zero-order chi connectivity index (χ0) is 13.2. The predicted molar refractivity (Wildman–Crippen MR) is 69.2 cm³/mol. The third-order valence-electron chi connectivity index (χ3n) is 4.26. The van der Waals surface area contributed by atoms with Gasteiger partial charge < -0.3 is 5.32 Å². The molecule has 0 saturated heterocycles. The van der Waals surface area contributed by atoms with Crippen LogP contribution in [0.5, 0.6) is 0 Å². The summed E-state index contributed by atoms with van der Waals surface area (Å²) in [5.74, 6) is 2.16. The summed E-state index contributed by atoms with van der Waals surface area (Å²) in [5.41, 5.74) is 0. The van der Waals surface area contributed by atoms with Crippen LogP contribution in [0.3, 0.4) is 0 Å². The normalized spacial score (nSPS) is 30.6. The Morgan fingerprint density at radius 2 is 2.06 bits per heavy atom. The molecule has 2 rings (SSSR count). The fourth-order valence-corrected chi connectivity index (χ4v) is 3.98. The van der Waals surface area contributed by atoms with Crippen LogP contribution in [-0.4, -0.2) is 26.6 Å². The molecule has 0 radical (unpaired) electrons. The van der Waals surface area contributed by atoms with Crippen LogP contribution in [0, 0.1) is 17.8 Å². The van der Waals surface area contributed by atoms with Crippen molar-refractivity contribution in [3.05, 3.63) is 0 Å². The monoisotopic (exact) mass is 274 g/mol. The largest absolute Gasteiger partial charge is 0.356 e. The van der Waals surface area contributed by atoms with Crippen molar-refractivity contribution in [3.8, 4) is 0 Å². The Morgan fingerprint density at radius 3 is 2.61 bits per heavy atom. The zero-order valence-electron chi connectivity index (χ0n) is 10.6. The third kappa shape index (κ3) is 3.95. The maximum Gasteiger partial charge on any atom is 0.220 e. The Balaban J connectivity index is 1.61. The Bertz CT molecular complexity index is 408. The van der Waals surface area contributed by atoms with Crippen LogP contribution in [0.2, 0.25) is 0 Å². The van der Waals surface area contributed by atoms with E-state index < -0.39 is 10.0 Å². The second-order valence-electron chi connectivity index (χ2n) is 5.71. The number of carbonyl (C=O) groups is 1. The molecule has 0 aromatic carbocycles. The van der Waals surface area contributed by atoms with Crippen molar-refractivity contribution in [2.75, 3.05) is 12.3 Å². The number of sulfonamides is 1. The molecule has 2 aliphatic rings. The van der Waals surface area contributed by atoms with Gasteiger partial charge in [-0.15, -0.1) is 0 Å². The van der Waals surface area contributed by atoms with Crippen molar-refractivity contribution in [2.24, 2.45) is 22.9 Å².